The molecule has 1 fully saturated rings. The molecule has 0 radical (unpaired) electrons. The first kappa shape index (κ1) is 13.7. The molecule has 102 valence electrons. The molecule has 1 N–H and O–H groups in total. The zero-order valence-electron chi connectivity index (χ0n) is 10.4. The molecular formula is C12H15N3O3S. The average molecular weight is 281 g/mol. The van der Waals surface area contributed by atoms with Crippen molar-refractivity contribution in [3.8, 4) is 0 Å². The quantitative estimate of drug-likeness (QED) is 0.491. The summed E-state index contributed by atoms with van der Waals surface area (Å²) in [4.78, 5) is 30.8. The van der Waals surface area contributed by atoms with Gasteiger partial charge in [0.2, 0.25) is 6.41 Å². The Kier molecular flexibility index (Phi) is 5.02. The monoisotopic (exact) mass is 281 g/mol. The first-order valence-corrected chi connectivity index (χ1v) is 7.06. The summed E-state index contributed by atoms with van der Waals surface area (Å²) in [7, 11) is 0. The Bertz CT molecular complexity index is 467. The van der Waals surface area contributed by atoms with Gasteiger partial charge in [-0.1, -0.05) is 11.6 Å². The summed E-state index contributed by atoms with van der Waals surface area (Å²) in [5.41, 5.74) is 0.570. The topological polar surface area (TPSA) is 80.7 Å². The Morgan fingerprint density at radius 1 is 1.42 bits per heavy atom. The van der Waals surface area contributed by atoms with E-state index in [2.05, 4.69) is 15.5 Å². The number of aldehydes is 1. The van der Waals surface area contributed by atoms with E-state index >= 15 is 0 Å². The van der Waals surface area contributed by atoms with Gasteiger partial charge in [0.1, 0.15) is 11.8 Å². The number of hydrogen-bond donors (Lipinski definition) is 1. The molecule has 7 heteroatoms. The van der Waals surface area contributed by atoms with Crippen molar-refractivity contribution in [3.63, 3.8) is 0 Å². The normalized spacial score (nSPS) is 16.9. The fraction of sp³-hybridized carbons (Fsp3) is 0.500. The first-order valence-electron chi connectivity index (χ1n) is 6.18. The predicted octanol–water partition coefficient (Wildman–Crippen LogP) is 1.96. The number of carbonyl (C=O) groups excluding carboxylic acids is 2. The van der Waals surface area contributed by atoms with Gasteiger partial charge in [-0.2, -0.15) is 0 Å². The lowest BCUT2D eigenvalue weighted by atomic mass is 9.98. The maximum absolute atomic E-state index is 11.0. The molecule has 0 aromatic carbocycles. The van der Waals surface area contributed by atoms with Crippen LogP contribution in [0, 0.1) is 0 Å². The highest BCUT2D eigenvalue weighted by atomic mass is 32.1. The van der Waals surface area contributed by atoms with Crippen LogP contribution in [0.25, 0.3) is 0 Å². The molecule has 1 amide bonds. The Balaban J connectivity index is 2.00. The van der Waals surface area contributed by atoms with Crippen molar-refractivity contribution < 1.29 is 14.4 Å². The van der Waals surface area contributed by atoms with E-state index in [9.17, 15) is 9.59 Å². The summed E-state index contributed by atoms with van der Waals surface area (Å²) < 4.78 is 0. The highest BCUT2D eigenvalue weighted by Gasteiger charge is 2.15. The van der Waals surface area contributed by atoms with Gasteiger partial charge in [0, 0.05) is 5.38 Å². The number of amides is 1. The van der Waals surface area contributed by atoms with Gasteiger partial charge in [-0.25, -0.2) is 4.98 Å². The second-order valence-corrected chi connectivity index (χ2v) is 5.12. The molecule has 0 atom stereocenters. The number of aromatic nitrogens is 1. The van der Waals surface area contributed by atoms with Crippen LogP contribution in [0.2, 0.25) is 0 Å². The number of oxime groups is 1. The Morgan fingerprint density at radius 2 is 2.21 bits per heavy atom. The summed E-state index contributed by atoms with van der Waals surface area (Å²) >= 11 is 1.23. The summed E-state index contributed by atoms with van der Waals surface area (Å²) in [6.07, 6.45) is 6.71. The number of hydrogen-bond acceptors (Lipinski definition) is 6. The van der Waals surface area contributed by atoms with Crippen LogP contribution in [0.4, 0.5) is 5.13 Å². The van der Waals surface area contributed by atoms with Crippen molar-refractivity contribution in [2.45, 2.75) is 38.2 Å². The van der Waals surface area contributed by atoms with Crippen molar-refractivity contribution >= 4 is 34.9 Å². The summed E-state index contributed by atoms with van der Waals surface area (Å²) in [5, 5.41) is 8.40. The standard InChI is InChI=1S/C12H15N3O3S/c16-6-10(11-7-19-12(14-11)13-8-17)15-18-9-4-2-1-3-5-9/h6-9H,1-5H2,(H,13,14,17). The molecule has 0 bridgehead atoms. The molecule has 0 aliphatic heterocycles. The van der Waals surface area contributed by atoms with Crippen LogP contribution in [0.3, 0.4) is 0 Å². The number of carbonyl (C=O) groups is 2. The van der Waals surface area contributed by atoms with Crippen molar-refractivity contribution in [1.29, 1.82) is 0 Å². The summed E-state index contributed by atoms with van der Waals surface area (Å²) in [6.45, 7) is 0. The number of nitrogens with one attached hydrogen (secondary N) is 1. The fourth-order valence-electron chi connectivity index (χ4n) is 1.94. The molecule has 6 nitrogen and oxygen atoms in total. The number of thiazole rings is 1. The van der Waals surface area contributed by atoms with Crippen LogP contribution < -0.4 is 5.32 Å². The maximum atomic E-state index is 11.0. The molecule has 1 aromatic heterocycles. The highest BCUT2D eigenvalue weighted by Crippen LogP contribution is 2.21. The van der Waals surface area contributed by atoms with Gasteiger partial charge in [-0.3, -0.25) is 9.59 Å². The molecule has 2 rings (SSSR count). The van der Waals surface area contributed by atoms with E-state index in [1.807, 2.05) is 0 Å². The van der Waals surface area contributed by atoms with E-state index < -0.39 is 0 Å². The Labute approximate surface area is 114 Å². The third-order valence-corrected chi connectivity index (χ3v) is 3.69. The lowest BCUT2D eigenvalue weighted by Gasteiger charge is -2.19. The zero-order chi connectivity index (χ0) is 13.5. The van der Waals surface area contributed by atoms with Crippen molar-refractivity contribution in [1.82, 2.24) is 4.98 Å². The van der Waals surface area contributed by atoms with Crippen molar-refractivity contribution in [2.75, 3.05) is 5.32 Å². The van der Waals surface area contributed by atoms with Crippen LogP contribution >= 0.6 is 11.3 Å². The van der Waals surface area contributed by atoms with Crippen molar-refractivity contribution in [2.24, 2.45) is 5.16 Å². The molecule has 1 saturated carbocycles. The van der Waals surface area contributed by atoms with Gasteiger partial charge in [0.25, 0.3) is 0 Å². The molecule has 19 heavy (non-hydrogen) atoms. The lowest BCUT2D eigenvalue weighted by molar-refractivity contribution is -0.105. The molecule has 1 aliphatic rings. The first-order chi connectivity index (χ1) is 9.33. The van der Waals surface area contributed by atoms with Crippen LogP contribution in [-0.2, 0) is 14.4 Å². The van der Waals surface area contributed by atoms with Crippen LogP contribution in [0.15, 0.2) is 10.5 Å². The van der Waals surface area contributed by atoms with Gasteiger partial charge >= 0.3 is 0 Å². The van der Waals surface area contributed by atoms with E-state index in [1.54, 1.807) is 5.38 Å². The molecule has 0 saturated heterocycles. The number of rotatable bonds is 6. The Hall–Kier alpha value is -1.76. The van der Waals surface area contributed by atoms with Gasteiger partial charge in [-0.05, 0) is 25.7 Å². The SMILES string of the molecule is O=CNc1nc(C(C=O)=NOC2CCCCC2)cs1. The second kappa shape index (κ2) is 6.98. The van der Waals surface area contributed by atoms with E-state index in [0.717, 1.165) is 25.7 Å². The molecular weight excluding hydrogens is 266 g/mol. The van der Waals surface area contributed by atoms with Crippen LogP contribution in [0.1, 0.15) is 37.8 Å². The van der Waals surface area contributed by atoms with Gasteiger partial charge in [0.15, 0.2) is 17.1 Å². The third kappa shape index (κ3) is 3.85. The smallest absolute Gasteiger partial charge is 0.213 e. The van der Waals surface area contributed by atoms with E-state index in [1.165, 1.54) is 17.8 Å². The molecule has 1 aromatic rings. The van der Waals surface area contributed by atoms with Crippen LogP contribution in [0.5, 0.6) is 0 Å². The largest absolute Gasteiger partial charge is 0.392 e. The molecule has 1 heterocycles. The lowest BCUT2D eigenvalue weighted by Crippen LogP contribution is -2.15. The maximum Gasteiger partial charge on any atom is 0.213 e. The summed E-state index contributed by atoms with van der Waals surface area (Å²) in [6, 6.07) is 0. The van der Waals surface area contributed by atoms with Gasteiger partial charge in [0.05, 0.1) is 0 Å². The molecule has 0 spiro atoms. The fourth-order valence-corrected chi connectivity index (χ4v) is 2.60. The van der Waals surface area contributed by atoms with Crippen molar-refractivity contribution in [3.05, 3.63) is 11.1 Å². The van der Waals surface area contributed by atoms with E-state index in [0.29, 0.717) is 23.5 Å². The zero-order valence-corrected chi connectivity index (χ0v) is 11.2. The molecule has 1 aliphatic carbocycles. The minimum Gasteiger partial charge on any atom is -0.392 e. The number of anilines is 1. The van der Waals surface area contributed by atoms with E-state index in [4.69, 9.17) is 4.84 Å². The minimum absolute atomic E-state index is 0.0925. The number of nitrogens with zero attached hydrogens (tertiary/aromatic N) is 2. The summed E-state index contributed by atoms with van der Waals surface area (Å²) in [5.74, 6) is 0. The van der Waals surface area contributed by atoms with Gasteiger partial charge < -0.3 is 10.2 Å². The van der Waals surface area contributed by atoms with Crippen LogP contribution in [-0.4, -0.2) is 29.5 Å². The minimum atomic E-state index is 0.0925. The second-order valence-electron chi connectivity index (χ2n) is 4.26. The Morgan fingerprint density at radius 3 is 2.89 bits per heavy atom. The molecule has 0 unspecified atom stereocenters. The third-order valence-electron chi connectivity index (χ3n) is 2.91. The average Bonchev–Trinajstić information content (AvgIpc) is 2.90. The van der Waals surface area contributed by atoms with E-state index in [-0.39, 0.29) is 11.8 Å². The predicted molar refractivity (Wildman–Crippen MR) is 72.4 cm³/mol. The highest BCUT2D eigenvalue weighted by molar-refractivity contribution is 7.14. The van der Waals surface area contributed by atoms with Gasteiger partial charge in [-0.15, -0.1) is 11.3 Å².